The fourth-order valence-electron chi connectivity index (χ4n) is 3.09. The minimum absolute atomic E-state index is 0.0242. The van der Waals surface area contributed by atoms with E-state index in [1.54, 1.807) is 56.0 Å². The van der Waals surface area contributed by atoms with Gasteiger partial charge in [-0.25, -0.2) is 4.68 Å². The molecule has 9 nitrogen and oxygen atoms in total. The molecule has 2 N–H and O–H groups in total. The molecule has 10 heteroatoms. The van der Waals surface area contributed by atoms with E-state index in [9.17, 15) is 9.59 Å². The van der Waals surface area contributed by atoms with Gasteiger partial charge in [0.25, 0.3) is 0 Å². The molecule has 0 saturated heterocycles. The number of thioether (sulfide) groups is 1. The van der Waals surface area contributed by atoms with Crippen LogP contribution >= 0.6 is 11.8 Å². The number of rotatable bonds is 10. The van der Waals surface area contributed by atoms with E-state index in [0.717, 1.165) is 28.3 Å². The molecule has 2 heterocycles. The van der Waals surface area contributed by atoms with E-state index in [-0.39, 0.29) is 18.4 Å². The van der Waals surface area contributed by atoms with Gasteiger partial charge in [-0.1, -0.05) is 6.07 Å². The van der Waals surface area contributed by atoms with E-state index >= 15 is 0 Å². The van der Waals surface area contributed by atoms with E-state index in [4.69, 9.17) is 14.2 Å². The normalized spacial score (nSPS) is 12.6. The molecule has 2 amide bonds. The second kappa shape index (κ2) is 10.9. The quantitative estimate of drug-likeness (QED) is 0.425. The number of ether oxygens (including phenoxy) is 3. The predicted octanol–water partition coefficient (Wildman–Crippen LogP) is 2.06. The van der Waals surface area contributed by atoms with Crippen molar-refractivity contribution in [2.24, 2.45) is 0 Å². The molecule has 1 aromatic carbocycles. The van der Waals surface area contributed by atoms with Gasteiger partial charge in [0.2, 0.25) is 11.8 Å². The number of fused-ring (bicyclic) bond motifs is 1. The highest BCUT2D eigenvalue weighted by atomic mass is 32.2. The van der Waals surface area contributed by atoms with Crippen molar-refractivity contribution in [3.05, 3.63) is 41.1 Å². The summed E-state index contributed by atoms with van der Waals surface area (Å²) in [4.78, 5) is 24.8. The van der Waals surface area contributed by atoms with Crippen molar-refractivity contribution in [2.45, 2.75) is 18.1 Å². The van der Waals surface area contributed by atoms with Crippen molar-refractivity contribution in [2.75, 3.05) is 39.8 Å². The lowest BCUT2D eigenvalue weighted by Gasteiger charge is -2.10. The molecule has 1 aromatic heterocycles. The van der Waals surface area contributed by atoms with Gasteiger partial charge >= 0.3 is 0 Å². The zero-order valence-corrected chi connectivity index (χ0v) is 18.6. The average molecular weight is 447 g/mol. The van der Waals surface area contributed by atoms with Gasteiger partial charge in [-0.3, -0.25) is 9.59 Å². The molecule has 166 valence electrons. The Bertz CT molecular complexity index is 973. The van der Waals surface area contributed by atoms with Crippen LogP contribution in [0.15, 0.2) is 24.3 Å². The lowest BCUT2D eigenvalue weighted by molar-refractivity contribution is -0.122. The smallest absolute Gasteiger partial charge is 0.249 e. The van der Waals surface area contributed by atoms with Crippen LogP contribution in [-0.4, -0.2) is 56.1 Å². The predicted molar refractivity (Wildman–Crippen MR) is 119 cm³/mol. The molecule has 0 unspecified atom stereocenters. The third-order valence-corrected chi connectivity index (χ3v) is 5.59. The fourth-order valence-corrected chi connectivity index (χ4v) is 4.13. The maximum atomic E-state index is 12.6. The minimum Gasteiger partial charge on any atom is -0.493 e. The highest BCUT2D eigenvalue weighted by Gasteiger charge is 2.24. The molecule has 0 aliphatic carbocycles. The fraction of sp³-hybridized carbons (Fsp3) is 0.381. The van der Waals surface area contributed by atoms with Gasteiger partial charge in [-0.05, 0) is 23.8 Å². The Balaban J connectivity index is 1.70. The number of nitrogens with zero attached hydrogens (tertiary/aromatic N) is 2. The van der Waals surface area contributed by atoms with E-state index in [1.165, 1.54) is 6.08 Å². The first-order valence-corrected chi connectivity index (χ1v) is 10.8. The van der Waals surface area contributed by atoms with Crippen LogP contribution in [0.5, 0.6) is 11.5 Å². The zero-order valence-electron chi connectivity index (χ0n) is 17.8. The molecule has 0 atom stereocenters. The maximum absolute atomic E-state index is 12.6. The molecule has 0 fully saturated rings. The van der Waals surface area contributed by atoms with Crippen molar-refractivity contribution in [3.8, 4) is 11.5 Å². The Morgan fingerprint density at radius 3 is 2.74 bits per heavy atom. The lowest BCUT2D eigenvalue weighted by Crippen LogP contribution is -2.31. The molecule has 1 aliphatic heterocycles. The second-order valence-electron chi connectivity index (χ2n) is 6.70. The SMILES string of the molecule is COCCNC(=O)Cn1nc2c(c1NC(=O)/C=C\c1ccc(OC)c(OC)c1)CSC2. The Morgan fingerprint density at radius 2 is 2.00 bits per heavy atom. The van der Waals surface area contributed by atoms with Crippen LogP contribution in [0.4, 0.5) is 5.82 Å². The molecule has 0 spiro atoms. The Kier molecular flexibility index (Phi) is 7.96. The summed E-state index contributed by atoms with van der Waals surface area (Å²) in [6.07, 6.45) is 3.12. The van der Waals surface area contributed by atoms with Crippen LogP contribution in [0.1, 0.15) is 16.8 Å². The van der Waals surface area contributed by atoms with E-state index in [0.29, 0.717) is 30.5 Å². The summed E-state index contributed by atoms with van der Waals surface area (Å²) in [5, 5.41) is 10.2. The standard InChI is InChI=1S/C21H26N4O5S/c1-28-9-8-22-20(27)11-25-21(15-12-31-13-16(15)24-25)23-19(26)7-5-14-4-6-17(29-2)18(10-14)30-3/h4-7,10H,8-9,11-13H2,1-3H3,(H,22,27)(H,23,26)/b7-5-. The third-order valence-electron chi connectivity index (χ3n) is 4.62. The summed E-state index contributed by atoms with van der Waals surface area (Å²) in [5.74, 6) is 2.76. The molecule has 0 saturated carbocycles. The van der Waals surface area contributed by atoms with E-state index < -0.39 is 0 Å². The Morgan fingerprint density at radius 1 is 1.19 bits per heavy atom. The van der Waals surface area contributed by atoms with Crippen molar-refractivity contribution in [3.63, 3.8) is 0 Å². The first kappa shape index (κ1) is 22.7. The number of amides is 2. The van der Waals surface area contributed by atoms with Crippen LogP contribution in [0.3, 0.4) is 0 Å². The average Bonchev–Trinajstić information content (AvgIpc) is 3.34. The van der Waals surface area contributed by atoms with Gasteiger partial charge in [0.15, 0.2) is 11.5 Å². The summed E-state index contributed by atoms with van der Waals surface area (Å²) in [5.41, 5.74) is 2.65. The van der Waals surface area contributed by atoms with Crippen LogP contribution in [0.2, 0.25) is 0 Å². The van der Waals surface area contributed by atoms with Crippen LogP contribution < -0.4 is 20.1 Å². The van der Waals surface area contributed by atoms with Gasteiger partial charge in [0.05, 0.1) is 26.5 Å². The molecule has 2 aromatic rings. The van der Waals surface area contributed by atoms with Gasteiger partial charge in [-0.15, -0.1) is 0 Å². The molecule has 0 radical (unpaired) electrons. The monoisotopic (exact) mass is 446 g/mol. The highest BCUT2D eigenvalue weighted by molar-refractivity contribution is 7.98. The lowest BCUT2D eigenvalue weighted by atomic mass is 10.2. The van der Waals surface area contributed by atoms with Crippen LogP contribution in [0, 0.1) is 0 Å². The topological polar surface area (TPSA) is 104 Å². The van der Waals surface area contributed by atoms with Crippen LogP contribution in [0.25, 0.3) is 6.08 Å². The number of carbonyl (C=O) groups excluding carboxylic acids is 2. The molecule has 31 heavy (non-hydrogen) atoms. The molecule has 0 bridgehead atoms. The number of anilines is 1. The number of hydrogen-bond acceptors (Lipinski definition) is 7. The van der Waals surface area contributed by atoms with Crippen molar-refractivity contribution < 1.29 is 23.8 Å². The first-order valence-electron chi connectivity index (χ1n) is 9.68. The van der Waals surface area contributed by atoms with E-state index in [1.807, 2.05) is 6.07 Å². The molecular formula is C21H26N4O5S. The van der Waals surface area contributed by atoms with Gasteiger partial charge in [0.1, 0.15) is 12.4 Å². The minimum atomic E-state index is -0.310. The first-order chi connectivity index (χ1) is 15.0. The van der Waals surface area contributed by atoms with E-state index in [2.05, 4.69) is 15.7 Å². The summed E-state index contributed by atoms with van der Waals surface area (Å²) < 4.78 is 17.0. The van der Waals surface area contributed by atoms with Crippen molar-refractivity contribution >= 4 is 35.5 Å². The number of nitrogens with one attached hydrogen (secondary N) is 2. The molecule has 3 rings (SSSR count). The van der Waals surface area contributed by atoms with Crippen molar-refractivity contribution in [1.82, 2.24) is 15.1 Å². The Hall–Kier alpha value is -2.98. The zero-order chi connectivity index (χ0) is 22.2. The third kappa shape index (κ3) is 5.80. The summed E-state index contributed by atoms with van der Waals surface area (Å²) in [7, 11) is 4.70. The number of methoxy groups -OCH3 is 3. The number of aromatic nitrogens is 2. The van der Waals surface area contributed by atoms with Gasteiger partial charge < -0.3 is 24.8 Å². The second-order valence-corrected chi connectivity index (χ2v) is 7.69. The van der Waals surface area contributed by atoms with Crippen LogP contribution in [-0.2, 0) is 32.4 Å². The molecule has 1 aliphatic rings. The Labute approximate surface area is 185 Å². The summed E-state index contributed by atoms with van der Waals surface area (Å²) in [6, 6.07) is 5.39. The summed E-state index contributed by atoms with van der Waals surface area (Å²) in [6.45, 7) is 0.876. The summed E-state index contributed by atoms with van der Waals surface area (Å²) >= 11 is 1.73. The number of carbonyl (C=O) groups is 2. The number of benzene rings is 1. The largest absolute Gasteiger partial charge is 0.493 e. The van der Waals surface area contributed by atoms with Crippen molar-refractivity contribution in [1.29, 1.82) is 0 Å². The number of hydrogen-bond donors (Lipinski definition) is 2. The van der Waals surface area contributed by atoms with Gasteiger partial charge in [-0.2, -0.15) is 16.9 Å². The molecular weight excluding hydrogens is 420 g/mol. The maximum Gasteiger partial charge on any atom is 0.249 e. The van der Waals surface area contributed by atoms with Gasteiger partial charge in [0, 0.05) is 36.8 Å². The highest BCUT2D eigenvalue weighted by Crippen LogP contribution is 2.34.